The molecule has 1 saturated heterocycles. The Balaban J connectivity index is 2.32. The molecule has 0 amide bonds. The molecule has 1 rings (SSSR count). The van der Waals surface area contributed by atoms with Crippen molar-refractivity contribution in [3.8, 4) is 11.8 Å². The normalized spacial score (nSPS) is 19.2. The lowest BCUT2D eigenvalue weighted by molar-refractivity contribution is -0.103. The Morgan fingerprint density at radius 2 is 2.10 bits per heavy atom. The molecule has 1 aliphatic heterocycles. The molecule has 0 aliphatic carbocycles. The lowest BCUT2D eigenvalue weighted by Crippen LogP contribution is -2.13. The average Bonchev–Trinajstić information content (AvgIpc) is 2.03. The van der Waals surface area contributed by atoms with Crippen molar-refractivity contribution in [2.75, 3.05) is 13.2 Å². The minimum atomic E-state index is 0.388. The Morgan fingerprint density at radius 1 is 1.40 bits per heavy atom. The zero-order valence-corrected chi connectivity index (χ0v) is 5.80. The van der Waals surface area contributed by atoms with E-state index in [0.29, 0.717) is 12.2 Å². The lowest BCUT2D eigenvalue weighted by atomic mass is 10.0. The highest BCUT2D eigenvalue weighted by Gasteiger charge is 2.09. The second-order valence-electron chi connectivity index (χ2n) is 2.29. The van der Waals surface area contributed by atoms with Crippen LogP contribution in [0.4, 0.5) is 0 Å². The Hall–Kier alpha value is -0.810. The molecule has 1 aliphatic rings. The van der Waals surface area contributed by atoms with Gasteiger partial charge >= 0.3 is 0 Å². The molecular weight excluding hydrogens is 128 g/mol. The van der Waals surface area contributed by atoms with Crippen molar-refractivity contribution in [1.29, 1.82) is 0 Å². The third-order valence-electron chi connectivity index (χ3n) is 1.57. The third kappa shape index (κ3) is 2.20. The van der Waals surface area contributed by atoms with Crippen molar-refractivity contribution in [2.45, 2.75) is 12.8 Å². The van der Waals surface area contributed by atoms with Gasteiger partial charge in [-0.25, -0.2) is 0 Å². The quantitative estimate of drug-likeness (QED) is 0.362. The number of aldehydes is 1. The van der Waals surface area contributed by atoms with Gasteiger partial charge in [0.2, 0.25) is 0 Å². The molecule has 1 heterocycles. The van der Waals surface area contributed by atoms with Gasteiger partial charge in [-0.3, -0.25) is 4.79 Å². The number of carbonyl (C=O) groups excluding carboxylic acids is 1. The summed E-state index contributed by atoms with van der Waals surface area (Å²) in [7, 11) is 0. The molecule has 0 aromatic heterocycles. The number of hydrogen-bond acceptors (Lipinski definition) is 2. The summed E-state index contributed by atoms with van der Waals surface area (Å²) in [5.41, 5.74) is 0. The highest BCUT2D eigenvalue weighted by molar-refractivity contribution is 5.72. The highest BCUT2D eigenvalue weighted by atomic mass is 16.5. The SMILES string of the molecule is O=CC#CC1CCOCC1. The summed E-state index contributed by atoms with van der Waals surface area (Å²) in [5, 5.41) is 0. The van der Waals surface area contributed by atoms with Crippen LogP contribution in [0.15, 0.2) is 0 Å². The number of rotatable bonds is 0. The molecule has 0 saturated carbocycles. The second-order valence-corrected chi connectivity index (χ2v) is 2.29. The van der Waals surface area contributed by atoms with Gasteiger partial charge < -0.3 is 4.74 Å². The van der Waals surface area contributed by atoms with Crippen LogP contribution in [0, 0.1) is 17.8 Å². The smallest absolute Gasteiger partial charge is 0.192 e. The fourth-order valence-corrected chi connectivity index (χ4v) is 0.994. The van der Waals surface area contributed by atoms with Crippen molar-refractivity contribution < 1.29 is 9.53 Å². The lowest BCUT2D eigenvalue weighted by Gasteiger charge is -2.16. The first-order valence-electron chi connectivity index (χ1n) is 3.46. The molecule has 54 valence electrons. The number of ether oxygens (including phenoxy) is 1. The molecule has 0 spiro atoms. The van der Waals surface area contributed by atoms with E-state index in [-0.39, 0.29) is 0 Å². The fourth-order valence-electron chi connectivity index (χ4n) is 0.994. The maximum Gasteiger partial charge on any atom is 0.192 e. The topological polar surface area (TPSA) is 26.3 Å². The summed E-state index contributed by atoms with van der Waals surface area (Å²) in [4.78, 5) is 9.84. The Labute approximate surface area is 60.6 Å². The van der Waals surface area contributed by atoms with Gasteiger partial charge in [0.1, 0.15) is 0 Å². The van der Waals surface area contributed by atoms with Gasteiger partial charge in [-0.05, 0) is 18.8 Å². The van der Waals surface area contributed by atoms with E-state index in [0.717, 1.165) is 26.1 Å². The first kappa shape index (κ1) is 7.30. The van der Waals surface area contributed by atoms with Gasteiger partial charge in [0.05, 0.1) is 0 Å². The molecule has 0 aromatic carbocycles. The van der Waals surface area contributed by atoms with E-state index in [2.05, 4.69) is 11.8 Å². The molecule has 0 unspecified atom stereocenters. The van der Waals surface area contributed by atoms with Gasteiger partial charge in [-0.15, -0.1) is 0 Å². The van der Waals surface area contributed by atoms with Crippen LogP contribution in [-0.4, -0.2) is 19.5 Å². The molecule has 2 heteroatoms. The monoisotopic (exact) mass is 138 g/mol. The van der Waals surface area contributed by atoms with Crippen LogP contribution >= 0.6 is 0 Å². The van der Waals surface area contributed by atoms with E-state index in [9.17, 15) is 4.79 Å². The molecule has 0 aromatic rings. The summed E-state index contributed by atoms with van der Waals surface area (Å²) >= 11 is 0. The summed E-state index contributed by atoms with van der Waals surface area (Å²) in [5.74, 6) is 5.69. The molecule has 0 bridgehead atoms. The van der Waals surface area contributed by atoms with Crippen LogP contribution in [0.3, 0.4) is 0 Å². The van der Waals surface area contributed by atoms with E-state index >= 15 is 0 Å². The van der Waals surface area contributed by atoms with Crippen LogP contribution in [0.2, 0.25) is 0 Å². The standard InChI is InChI=1S/C8H10O2/c9-5-1-2-8-3-6-10-7-4-8/h5,8H,3-4,6-7H2. The third-order valence-corrected chi connectivity index (χ3v) is 1.57. The van der Waals surface area contributed by atoms with Crippen LogP contribution in [0.5, 0.6) is 0 Å². The van der Waals surface area contributed by atoms with Gasteiger partial charge in [-0.1, -0.05) is 5.92 Å². The van der Waals surface area contributed by atoms with Crippen LogP contribution < -0.4 is 0 Å². The summed E-state index contributed by atoms with van der Waals surface area (Å²) < 4.78 is 5.12. The fraction of sp³-hybridized carbons (Fsp3) is 0.625. The Kier molecular flexibility index (Phi) is 2.98. The zero-order chi connectivity index (χ0) is 7.23. The first-order valence-corrected chi connectivity index (χ1v) is 3.46. The van der Waals surface area contributed by atoms with E-state index < -0.39 is 0 Å². The van der Waals surface area contributed by atoms with Crippen LogP contribution in [-0.2, 0) is 9.53 Å². The molecule has 0 atom stereocenters. The maximum atomic E-state index is 9.84. The molecular formula is C8H10O2. The first-order chi connectivity index (χ1) is 4.93. The van der Waals surface area contributed by atoms with E-state index in [1.54, 1.807) is 0 Å². The minimum absolute atomic E-state index is 0.388. The molecule has 0 N–H and O–H groups in total. The van der Waals surface area contributed by atoms with E-state index in [1.165, 1.54) is 0 Å². The van der Waals surface area contributed by atoms with Crippen molar-refractivity contribution in [3.05, 3.63) is 0 Å². The highest BCUT2D eigenvalue weighted by Crippen LogP contribution is 2.12. The van der Waals surface area contributed by atoms with Crippen LogP contribution in [0.1, 0.15) is 12.8 Å². The summed E-state index contributed by atoms with van der Waals surface area (Å²) in [6.45, 7) is 1.58. The van der Waals surface area contributed by atoms with E-state index in [4.69, 9.17) is 4.74 Å². The van der Waals surface area contributed by atoms with E-state index in [1.807, 2.05) is 0 Å². The summed E-state index contributed by atoms with van der Waals surface area (Å²) in [6, 6.07) is 0. The molecule has 1 fully saturated rings. The second kappa shape index (κ2) is 4.08. The van der Waals surface area contributed by atoms with Crippen molar-refractivity contribution in [1.82, 2.24) is 0 Å². The molecule has 0 radical (unpaired) electrons. The van der Waals surface area contributed by atoms with Crippen molar-refractivity contribution in [2.24, 2.45) is 5.92 Å². The van der Waals surface area contributed by atoms with Gasteiger partial charge in [0, 0.05) is 19.1 Å². The Bertz CT molecular complexity index is 158. The van der Waals surface area contributed by atoms with Crippen molar-refractivity contribution >= 4 is 6.29 Å². The molecule has 10 heavy (non-hydrogen) atoms. The van der Waals surface area contributed by atoms with Gasteiger partial charge in [0.25, 0.3) is 0 Å². The average molecular weight is 138 g/mol. The zero-order valence-electron chi connectivity index (χ0n) is 5.80. The largest absolute Gasteiger partial charge is 0.381 e. The maximum absolute atomic E-state index is 9.84. The predicted octanol–water partition coefficient (Wildman–Crippen LogP) is 0.615. The summed E-state index contributed by atoms with van der Waals surface area (Å²) in [6.07, 6.45) is 2.59. The predicted molar refractivity (Wildman–Crippen MR) is 37.4 cm³/mol. The van der Waals surface area contributed by atoms with Crippen LogP contribution in [0.25, 0.3) is 0 Å². The number of hydrogen-bond donors (Lipinski definition) is 0. The minimum Gasteiger partial charge on any atom is -0.381 e. The van der Waals surface area contributed by atoms with Gasteiger partial charge in [-0.2, -0.15) is 0 Å². The van der Waals surface area contributed by atoms with Gasteiger partial charge in [0.15, 0.2) is 6.29 Å². The number of carbonyl (C=O) groups is 1. The molecule has 2 nitrogen and oxygen atoms in total. The van der Waals surface area contributed by atoms with Crippen molar-refractivity contribution in [3.63, 3.8) is 0 Å². The Morgan fingerprint density at radius 3 is 2.70 bits per heavy atom.